The number of pyridine rings is 1. The third-order valence-corrected chi connectivity index (χ3v) is 12.7. The van der Waals surface area contributed by atoms with E-state index in [2.05, 4.69) is 36.0 Å². The molecule has 0 saturated carbocycles. The number of rotatable bonds is 8. The van der Waals surface area contributed by atoms with Crippen molar-refractivity contribution >= 4 is 40.9 Å². The molecule has 5 aromatic rings. The summed E-state index contributed by atoms with van der Waals surface area (Å²) in [5, 5.41) is 7.29. The standard InChI is InChI=1S/C44H45FN10O4/c45-30-5-1-4-29(25-30)35-7-3-17-53(35)40-13-12-38-46-26-37(55(38)49-40)34-6-2-8-39(47-34)52-22-20-51(21-23-52)31-15-18-50(19-16-31)27-28-9-10-32-33(24-28)44(59)54(43(32)58)36-11-14-41(56)48-42(36)57/h1-2,4-6,8-10,12-13,24-26,31,35-36H,3,7,11,14-23,27H2,(H,48,56,57)/t35-,36?/m1/s1. The number of nitrogens with one attached hydrogen (secondary N) is 1. The Labute approximate surface area is 340 Å². The van der Waals surface area contributed by atoms with Crippen LogP contribution in [0, 0.1) is 5.82 Å². The number of piperidine rings is 2. The molecule has 0 aliphatic carbocycles. The molecule has 0 radical (unpaired) electrons. The minimum Gasteiger partial charge on any atom is -0.354 e. The number of likely N-dealkylation sites (tertiary alicyclic amines) is 1. The van der Waals surface area contributed by atoms with Gasteiger partial charge in [0, 0.05) is 51.7 Å². The Kier molecular flexibility index (Phi) is 9.64. The Hall–Kier alpha value is -6.06. The summed E-state index contributed by atoms with van der Waals surface area (Å²) in [4.78, 5) is 70.9. The van der Waals surface area contributed by atoms with Gasteiger partial charge in [0.1, 0.15) is 29.2 Å². The summed E-state index contributed by atoms with van der Waals surface area (Å²) in [6, 6.07) is 22.0. The molecule has 0 spiro atoms. The van der Waals surface area contributed by atoms with Crippen LogP contribution in [0.25, 0.3) is 17.0 Å². The average molecular weight is 797 g/mol. The van der Waals surface area contributed by atoms with Crippen molar-refractivity contribution in [3.05, 3.63) is 107 Å². The van der Waals surface area contributed by atoms with E-state index in [-0.39, 0.29) is 30.6 Å². The fraction of sp³-hybridized carbons (Fsp3) is 0.386. The Morgan fingerprint density at radius 3 is 2.37 bits per heavy atom. The van der Waals surface area contributed by atoms with Gasteiger partial charge in [-0.15, -0.1) is 5.10 Å². The number of hydrogen-bond donors (Lipinski definition) is 1. The smallest absolute Gasteiger partial charge is 0.262 e. The molecular weight excluding hydrogens is 752 g/mol. The molecule has 4 amide bonds. The monoisotopic (exact) mass is 796 g/mol. The van der Waals surface area contributed by atoms with Crippen molar-refractivity contribution in [2.45, 2.75) is 63.2 Å². The summed E-state index contributed by atoms with van der Waals surface area (Å²) in [6.07, 6.45) is 6.11. The van der Waals surface area contributed by atoms with Crippen molar-refractivity contribution in [2.24, 2.45) is 0 Å². The zero-order chi connectivity index (χ0) is 40.2. The lowest BCUT2D eigenvalue weighted by molar-refractivity contribution is -0.136. The van der Waals surface area contributed by atoms with Crippen molar-refractivity contribution < 1.29 is 23.6 Å². The summed E-state index contributed by atoms with van der Waals surface area (Å²) < 4.78 is 16.0. The van der Waals surface area contributed by atoms with Crippen molar-refractivity contribution in [3.63, 3.8) is 0 Å². The zero-order valence-corrected chi connectivity index (χ0v) is 32.7. The molecular formula is C44H45FN10O4. The lowest BCUT2D eigenvalue weighted by Gasteiger charge is -2.43. The van der Waals surface area contributed by atoms with Crippen molar-refractivity contribution in [1.82, 2.24) is 39.6 Å². The molecule has 5 aliphatic heterocycles. The molecule has 1 unspecified atom stereocenters. The molecule has 14 nitrogen and oxygen atoms in total. The maximum Gasteiger partial charge on any atom is 0.262 e. The molecule has 8 heterocycles. The van der Waals surface area contributed by atoms with Crippen molar-refractivity contribution in [1.29, 1.82) is 0 Å². The first kappa shape index (κ1) is 37.2. The van der Waals surface area contributed by atoms with Crippen LogP contribution >= 0.6 is 0 Å². The fourth-order valence-electron chi connectivity index (χ4n) is 9.67. The SMILES string of the molecule is O=C1CCC(N2C(=O)c3ccc(CN4CCC(N5CCN(c6cccc(-c7cnc8ccc(N9CCC[C@@H]9c9cccc(F)c9)nn78)n6)CC5)CC4)cc3C2=O)C(=O)N1. The number of amides is 4. The van der Waals surface area contributed by atoms with Gasteiger partial charge >= 0.3 is 0 Å². The van der Waals surface area contributed by atoms with Gasteiger partial charge in [-0.3, -0.25) is 39.2 Å². The number of anilines is 2. The molecule has 4 fully saturated rings. The Morgan fingerprint density at radius 1 is 0.746 bits per heavy atom. The molecule has 2 aromatic carbocycles. The number of imidazole rings is 1. The normalized spacial score (nSPS) is 22.2. The van der Waals surface area contributed by atoms with E-state index in [9.17, 15) is 23.6 Å². The van der Waals surface area contributed by atoms with Gasteiger partial charge in [-0.25, -0.2) is 18.9 Å². The molecule has 10 rings (SSSR count). The van der Waals surface area contributed by atoms with Crippen LogP contribution in [0.4, 0.5) is 16.0 Å². The van der Waals surface area contributed by atoms with Crippen molar-refractivity contribution in [2.75, 3.05) is 55.6 Å². The molecule has 5 aliphatic rings. The van der Waals surface area contributed by atoms with Gasteiger partial charge in [-0.05, 0) is 105 Å². The van der Waals surface area contributed by atoms with Crippen molar-refractivity contribution in [3.8, 4) is 11.4 Å². The number of hydrogen-bond acceptors (Lipinski definition) is 11. The number of carbonyl (C=O) groups is 4. The Morgan fingerprint density at radius 2 is 1.56 bits per heavy atom. The van der Waals surface area contributed by atoms with Gasteiger partial charge in [-0.1, -0.05) is 24.3 Å². The third-order valence-electron chi connectivity index (χ3n) is 12.7. The Balaban J connectivity index is 0.747. The highest BCUT2D eigenvalue weighted by Crippen LogP contribution is 2.36. The number of aromatic nitrogens is 4. The topological polar surface area (TPSA) is 140 Å². The minimum absolute atomic E-state index is 0.0656. The number of piperazine rings is 1. The highest BCUT2D eigenvalue weighted by atomic mass is 19.1. The van der Waals surface area contributed by atoms with Gasteiger partial charge in [0.05, 0.1) is 29.1 Å². The summed E-state index contributed by atoms with van der Waals surface area (Å²) in [7, 11) is 0. The first-order chi connectivity index (χ1) is 28.8. The first-order valence-electron chi connectivity index (χ1n) is 20.7. The van der Waals surface area contributed by atoms with E-state index in [0.717, 1.165) is 116 Å². The molecule has 302 valence electrons. The largest absolute Gasteiger partial charge is 0.354 e. The maximum atomic E-state index is 14.1. The zero-order valence-electron chi connectivity index (χ0n) is 32.7. The van der Waals surface area contributed by atoms with Crippen LogP contribution in [0.15, 0.2) is 79.0 Å². The minimum atomic E-state index is -0.967. The number of halogens is 1. The lowest BCUT2D eigenvalue weighted by Crippen LogP contribution is -2.54. The van der Waals surface area contributed by atoms with E-state index in [1.54, 1.807) is 24.3 Å². The van der Waals surface area contributed by atoms with Crippen LogP contribution in [0.5, 0.6) is 0 Å². The van der Waals surface area contributed by atoms with E-state index in [0.29, 0.717) is 23.7 Å². The van der Waals surface area contributed by atoms with Crippen LogP contribution in [0.3, 0.4) is 0 Å². The molecule has 2 atom stereocenters. The summed E-state index contributed by atoms with van der Waals surface area (Å²) >= 11 is 0. The predicted molar refractivity (Wildman–Crippen MR) is 217 cm³/mol. The second kappa shape index (κ2) is 15.3. The molecule has 3 aromatic heterocycles. The van der Waals surface area contributed by atoms with E-state index in [1.165, 1.54) is 6.07 Å². The molecule has 15 heteroatoms. The van der Waals surface area contributed by atoms with Crippen LogP contribution < -0.4 is 15.1 Å². The number of carbonyl (C=O) groups excluding carboxylic acids is 4. The van der Waals surface area contributed by atoms with Gasteiger partial charge in [0.2, 0.25) is 11.8 Å². The van der Waals surface area contributed by atoms with E-state index >= 15 is 0 Å². The van der Waals surface area contributed by atoms with E-state index in [4.69, 9.17) is 10.1 Å². The number of imide groups is 2. The molecule has 0 bridgehead atoms. The molecule has 4 saturated heterocycles. The highest BCUT2D eigenvalue weighted by Gasteiger charge is 2.44. The first-order valence-corrected chi connectivity index (χ1v) is 20.7. The predicted octanol–water partition coefficient (Wildman–Crippen LogP) is 4.46. The van der Waals surface area contributed by atoms with E-state index in [1.807, 2.05) is 47.1 Å². The number of fused-ring (bicyclic) bond motifs is 2. The van der Waals surface area contributed by atoms with Gasteiger partial charge in [-0.2, -0.15) is 0 Å². The van der Waals surface area contributed by atoms with Crippen LogP contribution in [-0.4, -0.2) is 116 Å². The van der Waals surface area contributed by atoms with Crippen LogP contribution in [-0.2, 0) is 16.1 Å². The fourth-order valence-corrected chi connectivity index (χ4v) is 9.67. The summed E-state index contributed by atoms with van der Waals surface area (Å²) in [5.41, 5.74) is 4.93. The highest BCUT2D eigenvalue weighted by molar-refractivity contribution is 6.23. The Bertz CT molecular complexity index is 2470. The van der Waals surface area contributed by atoms with Crippen LogP contribution in [0.2, 0.25) is 0 Å². The summed E-state index contributed by atoms with van der Waals surface area (Å²) in [5.74, 6) is -0.403. The van der Waals surface area contributed by atoms with Gasteiger partial charge in [0.25, 0.3) is 11.8 Å². The quantitative estimate of drug-likeness (QED) is 0.223. The van der Waals surface area contributed by atoms with E-state index < -0.39 is 23.8 Å². The van der Waals surface area contributed by atoms with Gasteiger partial charge < -0.3 is 9.80 Å². The lowest BCUT2D eigenvalue weighted by atomic mass is 10.0. The maximum absolute atomic E-state index is 14.1. The number of nitrogens with zero attached hydrogens (tertiary/aromatic N) is 9. The van der Waals surface area contributed by atoms with Crippen LogP contribution in [0.1, 0.15) is 76.4 Å². The average Bonchev–Trinajstić information content (AvgIpc) is 3.98. The molecule has 59 heavy (non-hydrogen) atoms. The second-order valence-electron chi connectivity index (χ2n) is 16.2. The molecule has 1 N–H and O–H groups in total. The second-order valence-corrected chi connectivity index (χ2v) is 16.2. The van der Waals surface area contributed by atoms with Gasteiger partial charge in [0.15, 0.2) is 5.65 Å². The number of benzene rings is 2. The third kappa shape index (κ3) is 7.01. The summed E-state index contributed by atoms with van der Waals surface area (Å²) in [6.45, 7) is 7.03.